The zero-order valence-corrected chi connectivity index (χ0v) is 11.4. The van der Waals surface area contributed by atoms with Crippen LogP contribution in [0.15, 0.2) is 0 Å². The maximum atomic E-state index is 8.55. The number of rotatable bonds is 0. The molecule has 0 aromatic carbocycles. The molecule has 0 aromatic heterocycles. The fraction of sp³-hybridized carbons (Fsp3) is 0. The molecule has 6 nitrogen and oxygen atoms in total. The number of hydrogen-bond donors (Lipinski definition) is 0. The van der Waals surface area contributed by atoms with Crippen LogP contribution in [0.1, 0.15) is 0 Å². The van der Waals surface area contributed by atoms with Crippen LogP contribution in [0.4, 0.5) is 0 Å². The van der Waals surface area contributed by atoms with Crippen molar-refractivity contribution in [3.8, 4) is 0 Å². The molecular formula is AlCa2O6P. The molecule has 0 saturated carbocycles. The molecule has 0 fully saturated rings. The van der Waals surface area contributed by atoms with Gasteiger partial charge in [-0.1, -0.05) is 0 Å². The van der Waals surface area contributed by atoms with E-state index in [1.165, 1.54) is 0 Å². The van der Waals surface area contributed by atoms with Gasteiger partial charge in [-0.2, -0.15) is 7.82 Å². The van der Waals surface area contributed by atoms with E-state index in [1.54, 1.807) is 0 Å². The molecule has 0 aliphatic carbocycles. The molecule has 0 unspecified atom stereocenters. The quantitative estimate of drug-likeness (QED) is 0.304. The Labute approximate surface area is 124 Å². The molecule has 0 saturated heterocycles. The van der Waals surface area contributed by atoms with Crippen molar-refractivity contribution in [1.29, 1.82) is 0 Å². The Morgan fingerprint density at radius 1 is 1.10 bits per heavy atom. The summed E-state index contributed by atoms with van der Waals surface area (Å²) in [4.78, 5) is 25.6. The fourth-order valence-electron chi connectivity index (χ4n) is 0. The first kappa shape index (κ1) is 23.0. The second-order valence-electron chi connectivity index (χ2n) is 0.543. The molecule has 0 radical (unpaired) electrons. The summed E-state index contributed by atoms with van der Waals surface area (Å²) < 4.78 is 25.5. The third-order valence-electron chi connectivity index (χ3n) is 0. The van der Waals surface area contributed by atoms with Gasteiger partial charge in [0.25, 0.3) is 0 Å². The molecule has 0 amide bonds. The first-order chi connectivity index (χ1) is 3.41. The van der Waals surface area contributed by atoms with E-state index in [-0.39, 0.29) is 75.5 Å². The number of hydrogen-bond acceptors (Lipinski definition) is 6. The molecule has 0 aliphatic rings. The Hall–Kier alpha value is 2.76. The summed E-state index contributed by atoms with van der Waals surface area (Å²) in [7, 11) is -5.39. The van der Waals surface area contributed by atoms with Crippen molar-refractivity contribution in [1.82, 2.24) is 0 Å². The Morgan fingerprint density at radius 2 is 1.10 bits per heavy atom. The van der Waals surface area contributed by atoms with Gasteiger partial charge < -0.3 is 19.2 Å². The standard InChI is InChI=1S/Al.2Ca.H3O4P.2O/c;;;1-5(2,3)4;;/h;;;(H3,1,2,3,4);;/q;2*+2;;;-1/p-3. The Bertz CT molecular complexity index is 89.7. The third-order valence-corrected chi connectivity index (χ3v) is 0. The fourth-order valence-corrected chi connectivity index (χ4v) is 0. The van der Waals surface area contributed by atoms with Crippen LogP contribution in [0.3, 0.4) is 0 Å². The molecule has 48 valence electrons. The summed E-state index contributed by atoms with van der Waals surface area (Å²) in [6.45, 7) is 0. The maximum absolute atomic E-state index is 8.55. The minimum atomic E-state index is -5.39. The molecule has 0 N–H and O–H groups in total. The van der Waals surface area contributed by atoms with E-state index in [4.69, 9.17) is 27.2 Å². The van der Waals surface area contributed by atoms with E-state index in [0.717, 1.165) is 0 Å². The second kappa shape index (κ2) is 14.3. The molecule has 0 aromatic rings. The first-order valence-electron chi connectivity index (χ1n) is 1.20. The SMILES string of the molecule is O=P([O-])([O-])[O-].[Ca+2].[Ca+2].[O]=[Al][O-]. The first-order valence-corrected chi connectivity index (χ1v) is 3.61. The van der Waals surface area contributed by atoms with Crippen LogP contribution in [-0.2, 0) is 8.37 Å². The van der Waals surface area contributed by atoms with Crippen LogP contribution in [0.5, 0.6) is 0 Å². The molecular weight excluding hydrogens is 234 g/mol. The average molecular weight is 234 g/mol. The molecule has 0 aliphatic heterocycles. The van der Waals surface area contributed by atoms with E-state index < -0.39 is 23.3 Å². The molecule has 0 rings (SSSR count). The van der Waals surface area contributed by atoms with Gasteiger partial charge in [0, 0.05) is 0 Å². The van der Waals surface area contributed by atoms with Crippen LogP contribution >= 0.6 is 7.82 Å². The van der Waals surface area contributed by atoms with Crippen LogP contribution in [0, 0.1) is 0 Å². The Kier molecular flexibility index (Phi) is 32.9. The van der Waals surface area contributed by atoms with Crippen LogP contribution in [0.25, 0.3) is 0 Å². The molecule has 0 bridgehead atoms. The van der Waals surface area contributed by atoms with Gasteiger partial charge in [0.1, 0.15) is 0 Å². The van der Waals surface area contributed by atoms with E-state index >= 15 is 0 Å². The summed E-state index contributed by atoms with van der Waals surface area (Å²) in [6.07, 6.45) is 0. The molecule has 10 heavy (non-hydrogen) atoms. The van der Waals surface area contributed by atoms with E-state index in [1.807, 2.05) is 0 Å². The summed E-state index contributed by atoms with van der Waals surface area (Å²) >= 11 is -1.75. The summed E-state index contributed by atoms with van der Waals surface area (Å²) in [6, 6.07) is 0. The van der Waals surface area contributed by atoms with Gasteiger partial charge in [0.2, 0.25) is 0 Å². The van der Waals surface area contributed by atoms with Crippen molar-refractivity contribution >= 4 is 98.8 Å². The summed E-state index contributed by atoms with van der Waals surface area (Å²) in [5.74, 6) is 0. The van der Waals surface area contributed by atoms with Gasteiger partial charge in [0.05, 0.1) is 0 Å². The van der Waals surface area contributed by atoms with E-state index in [0.29, 0.717) is 0 Å². The average Bonchev–Trinajstić information content (AvgIpc) is 1.27. The minimum absolute atomic E-state index is 0. The van der Waals surface area contributed by atoms with Gasteiger partial charge in [-0.25, -0.2) is 0 Å². The van der Waals surface area contributed by atoms with Gasteiger partial charge in [-0.3, -0.25) is 0 Å². The van der Waals surface area contributed by atoms with Gasteiger partial charge in [-0.05, 0) is 0 Å². The summed E-state index contributed by atoms with van der Waals surface area (Å²) in [5.41, 5.74) is 0. The summed E-state index contributed by atoms with van der Waals surface area (Å²) in [5, 5.41) is 0. The van der Waals surface area contributed by atoms with Crippen LogP contribution in [-0.4, -0.2) is 91.0 Å². The predicted molar refractivity (Wildman–Crippen MR) is 25.6 cm³/mol. The molecule has 10 heteroatoms. The molecule has 0 spiro atoms. The van der Waals surface area contributed by atoms with Crippen LogP contribution < -0.4 is 18.8 Å². The Morgan fingerprint density at radius 3 is 1.10 bits per heavy atom. The van der Waals surface area contributed by atoms with Gasteiger partial charge >= 0.3 is 98.9 Å². The van der Waals surface area contributed by atoms with Crippen LogP contribution in [0.2, 0.25) is 0 Å². The predicted octanol–water partition coefficient (Wildman–Crippen LogP) is -5.27. The Balaban J connectivity index is -0.0000000326. The molecule has 0 atom stereocenters. The zero-order valence-electron chi connectivity index (χ0n) is 4.89. The van der Waals surface area contributed by atoms with Crippen molar-refractivity contribution in [2.75, 3.05) is 0 Å². The van der Waals surface area contributed by atoms with Gasteiger partial charge in [0.15, 0.2) is 0 Å². The second-order valence-corrected chi connectivity index (χ2v) is 1.63. The number of phosphoric acid groups is 1. The van der Waals surface area contributed by atoms with E-state index in [2.05, 4.69) is 0 Å². The van der Waals surface area contributed by atoms with Crippen molar-refractivity contribution < 1.29 is 27.2 Å². The van der Waals surface area contributed by atoms with E-state index in [9.17, 15) is 0 Å². The van der Waals surface area contributed by atoms with Crippen molar-refractivity contribution in [2.24, 2.45) is 0 Å². The normalized spacial score (nSPS) is 6.70. The molecule has 0 heterocycles. The van der Waals surface area contributed by atoms with Gasteiger partial charge in [-0.15, -0.1) is 0 Å². The topological polar surface area (TPSA) is 126 Å². The van der Waals surface area contributed by atoms with Crippen molar-refractivity contribution in [3.63, 3.8) is 0 Å². The third kappa shape index (κ3) is 134. The van der Waals surface area contributed by atoms with Crippen molar-refractivity contribution in [3.05, 3.63) is 0 Å². The monoisotopic (exact) mass is 234 g/mol. The van der Waals surface area contributed by atoms with Crippen molar-refractivity contribution in [2.45, 2.75) is 0 Å². The zero-order chi connectivity index (χ0) is 7.21.